The van der Waals surface area contributed by atoms with Gasteiger partial charge in [-0.15, -0.1) is 11.3 Å². The number of amides is 1. The number of carbonyl (C=O) groups is 2. The van der Waals surface area contributed by atoms with E-state index in [2.05, 4.69) is 15.9 Å². The van der Waals surface area contributed by atoms with E-state index in [0.29, 0.717) is 6.29 Å². The average Bonchev–Trinajstić information content (AvgIpc) is 2.49. The normalized spacial score (nSPS) is 9.50. The first kappa shape index (κ1) is 9.41. The topological polar surface area (TPSA) is 37.4 Å². The van der Waals surface area contributed by atoms with Crippen molar-refractivity contribution in [3.05, 3.63) is 15.9 Å². The molecule has 0 radical (unpaired) electrons. The Hall–Kier alpha value is -0.680. The van der Waals surface area contributed by atoms with Gasteiger partial charge in [0.1, 0.15) is 0 Å². The van der Waals surface area contributed by atoms with Gasteiger partial charge in [0.15, 0.2) is 0 Å². The molecule has 0 saturated heterocycles. The van der Waals surface area contributed by atoms with E-state index in [1.54, 1.807) is 13.1 Å². The first-order valence-electron chi connectivity index (χ1n) is 3.12. The maximum absolute atomic E-state index is 10.9. The Morgan fingerprint density at radius 3 is 2.83 bits per heavy atom. The summed E-state index contributed by atoms with van der Waals surface area (Å²) in [5.74, 6) is -0.538. The number of rotatable bonds is 2. The molecule has 0 bridgehead atoms. The maximum Gasteiger partial charge on any atom is 0.291 e. The molecule has 1 amide bonds. The predicted molar refractivity (Wildman–Crippen MR) is 51.5 cm³/mol. The van der Waals surface area contributed by atoms with Crippen LogP contribution in [0.3, 0.4) is 0 Å². The van der Waals surface area contributed by atoms with Crippen LogP contribution in [0.25, 0.3) is 0 Å². The van der Waals surface area contributed by atoms with Crippen molar-refractivity contribution >= 4 is 44.5 Å². The number of hydrogen-bond acceptors (Lipinski definition) is 3. The molecule has 1 heterocycles. The van der Waals surface area contributed by atoms with Crippen LogP contribution in [0.15, 0.2) is 15.9 Å². The standard InChI is InChI=1S/C7H6BrNO2S/c1-9(6(11)3-10)7-2-5(8)4-12-7/h2-4H,1H3. The quantitative estimate of drug-likeness (QED) is 0.589. The molecule has 0 fully saturated rings. The molecular formula is C7H6BrNO2S. The van der Waals surface area contributed by atoms with Gasteiger partial charge in [0, 0.05) is 16.9 Å². The summed E-state index contributed by atoms with van der Waals surface area (Å²) in [5, 5.41) is 2.60. The molecule has 5 heteroatoms. The van der Waals surface area contributed by atoms with Gasteiger partial charge in [-0.3, -0.25) is 9.59 Å². The summed E-state index contributed by atoms with van der Waals surface area (Å²) in [6.07, 6.45) is 0.299. The van der Waals surface area contributed by atoms with Crippen LogP contribution in [0, 0.1) is 0 Å². The number of anilines is 1. The van der Waals surface area contributed by atoms with Crippen LogP contribution in [0.2, 0.25) is 0 Å². The Kier molecular flexibility index (Phi) is 2.99. The molecule has 0 aliphatic heterocycles. The van der Waals surface area contributed by atoms with Crippen molar-refractivity contribution in [2.45, 2.75) is 0 Å². The fraction of sp³-hybridized carbons (Fsp3) is 0.143. The highest BCUT2D eigenvalue weighted by molar-refractivity contribution is 9.10. The van der Waals surface area contributed by atoms with Gasteiger partial charge in [-0.2, -0.15) is 0 Å². The summed E-state index contributed by atoms with van der Waals surface area (Å²) >= 11 is 4.66. The van der Waals surface area contributed by atoms with Crippen LogP contribution in [0.4, 0.5) is 5.00 Å². The molecule has 1 aromatic heterocycles. The van der Waals surface area contributed by atoms with Crippen molar-refractivity contribution in [1.29, 1.82) is 0 Å². The van der Waals surface area contributed by atoms with Crippen molar-refractivity contribution in [1.82, 2.24) is 0 Å². The van der Waals surface area contributed by atoms with Crippen molar-refractivity contribution < 1.29 is 9.59 Å². The second kappa shape index (κ2) is 3.82. The number of thiophene rings is 1. The summed E-state index contributed by atoms with van der Waals surface area (Å²) in [6, 6.07) is 1.78. The van der Waals surface area contributed by atoms with Gasteiger partial charge in [0.05, 0.1) is 5.00 Å². The molecule has 0 saturated carbocycles. The third-order valence-corrected chi connectivity index (χ3v) is 3.08. The highest BCUT2D eigenvalue weighted by atomic mass is 79.9. The van der Waals surface area contributed by atoms with Gasteiger partial charge >= 0.3 is 0 Å². The lowest BCUT2D eigenvalue weighted by atomic mass is 10.5. The number of carbonyl (C=O) groups excluding carboxylic acids is 2. The van der Waals surface area contributed by atoms with Crippen LogP contribution < -0.4 is 4.90 Å². The molecule has 0 spiro atoms. The van der Waals surface area contributed by atoms with E-state index in [4.69, 9.17) is 0 Å². The lowest BCUT2D eigenvalue weighted by Gasteiger charge is -2.09. The average molecular weight is 248 g/mol. The maximum atomic E-state index is 10.9. The van der Waals surface area contributed by atoms with Crippen LogP contribution in [-0.4, -0.2) is 19.2 Å². The number of nitrogens with zero attached hydrogens (tertiary/aromatic N) is 1. The summed E-state index contributed by atoms with van der Waals surface area (Å²) in [6.45, 7) is 0. The second-order valence-corrected chi connectivity index (χ2v) is 3.92. The van der Waals surface area contributed by atoms with E-state index in [-0.39, 0.29) is 0 Å². The minimum atomic E-state index is -0.538. The molecule has 1 aromatic rings. The number of likely N-dealkylation sites (N-methyl/N-ethyl adjacent to an activating group) is 1. The van der Waals surface area contributed by atoms with E-state index < -0.39 is 5.91 Å². The number of aldehydes is 1. The summed E-state index contributed by atoms with van der Waals surface area (Å²) in [5.41, 5.74) is 0. The van der Waals surface area contributed by atoms with Gasteiger partial charge < -0.3 is 4.90 Å². The number of halogens is 1. The number of hydrogen-bond donors (Lipinski definition) is 0. The van der Waals surface area contributed by atoms with Gasteiger partial charge in [-0.25, -0.2) is 0 Å². The zero-order chi connectivity index (χ0) is 9.14. The van der Waals surface area contributed by atoms with Gasteiger partial charge in [-0.05, 0) is 22.0 Å². The van der Waals surface area contributed by atoms with Gasteiger partial charge in [0.25, 0.3) is 5.91 Å². The zero-order valence-corrected chi connectivity index (χ0v) is 8.68. The second-order valence-electron chi connectivity index (χ2n) is 2.12. The molecule has 64 valence electrons. The fourth-order valence-electron chi connectivity index (χ4n) is 0.666. The molecule has 3 nitrogen and oxygen atoms in total. The SMILES string of the molecule is CN(C(=O)C=O)c1cc(Br)cs1. The first-order chi connectivity index (χ1) is 5.65. The van der Waals surface area contributed by atoms with E-state index >= 15 is 0 Å². The van der Waals surface area contributed by atoms with E-state index in [0.717, 1.165) is 9.47 Å². The molecule has 0 aromatic carbocycles. The molecule has 0 atom stereocenters. The summed E-state index contributed by atoms with van der Waals surface area (Å²) in [4.78, 5) is 22.3. The summed E-state index contributed by atoms with van der Waals surface area (Å²) < 4.78 is 0.910. The van der Waals surface area contributed by atoms with Gasteiger partial charge in [-0.1, -0.05) is 0 Å². The third kappa shape index (κ3) is 1.92. The minimum absolute atomic E-state index is 0.299. The van der Waals surface area contributed by atoms with Crippen LogP contribution in [0.5, 0.6) is 0 Å². The Labute approximate surface area is 82.1 Å². The predicted octanol–water partition coefficient (Wildman–Crippen LogP) is 1.67. The lowest BCUT2D eigenvalue weighted by molar-refractivity contribution is -0.129. The van der Waals surface area contributed by atoms with Crippen LogP contribution in [0.1, 0.15) is 0 Å². The van der Waals surface area contributed by atoms with E-state index in [1.165, 1.54) is 16.2 Å². The van der Waals surface area contributed by atoms with Crippen molar-refractivity contribution in [3.8, 4) is 0 Å². The molecule has 1 rings (SSSR count). The molecule has 0 aliphatic carbocycles. The van der Waals surface area contributed by atoms with Crippen LogP contribution in [-0.2, 0) is 9.59 Å². The Bertz CT molecular complexity index is 310. The van der Waals surface area contributed by atoms with Crippen molar-refractivity contribution in [2.75, 3.05) is 11.9 Å². The fourth-order valence-corrected chi connectivity index (χ4v) is 2.06. The smallest absolute Gasteiger partial charge is 0.291 e. The summed E-state index contributed by atoms with van der Waals surface area (Å²) in [7, 11) is 1.56. The molecule has 0 N–H and O–H groups in total. The van der Waals surface area contributed by atoms with E-state index in [9.17, 15) is 9.59 Å². The minimum Gasteiger partial charge on any atom is -0.300 e. The van der Waals surface area contributed by atoms with Crippen molar-refractivity contribution in [2.24, 2.45) is 0 Å². The molecule has 0 unspecified atom stereocenters. The largest absolute Gasteiger partial charge is 0.300 e. The first-order valence-corrected chi connectivity index (χ1v) is 4.79. The zero-order valence-electron chi connectivity index (χ0n) is 6.28. The highest BCUT2D eigenvalue weighted by Gasteiger charge is 2.10. The molecule has 12 heavy (non-hydrogen) atoms. The van der Waals surface area contributed by atoms with Crippen molar-refractivity contribution in [3.63, 3.8) is 0 Å². The van der Waals surface area contributed by atoms with E-state index in [1.807, 2.05) is 5.38 Å². The van der Waals surface area contributed by atoms with Crippen LogP contribution >= 0.6 is 27.3 Å². The Morgan fingerprint density at radius 1 is 1.75 bits per heavy atom. The molecular weight excluding hydrogens is 242 g/mol. The molecule has 0 aliphatic rings. The lowest BCUT2D eigenvalue weighted by Crippen LogP contribution is -2.25. The van der Waals surface area contributed by atoms with Gasteiger partial charge in [0.2, 0.25) is 6.29 Å². The third-order valence-electron chi connectivity index (χ3n) is 1.32. The highest BCUT2D eigenvalue weighted by Crippen LogP contribution is 2.26. The Morgan fingerprint density at radius 2 is 2.42 bits per heavy atom. The monoisotopic (exact) mass is 247 g/mol. The Balaban J connectivity index is 2.84.